The maximum atomic E-state index is 13.5. The number of aryl methyl sites for hydroxylation is 1. The highest BCUT2D eigenvalue weighted by atomic mass is 32.1. The lowest BCUT2D eigenvalue weighted by molar-refractivity contribution is -0.140. The van der Waals surface area contributed by atoms with E-state index in [4.69, 9.17) is 0 Å². The van der Waals surface area contributed by atoms with Gasteiger partial charge in [0.1, 0.15) is 6.54 Å². The minimum absolute atomic E-state index is 0.0380. The normalized spacial score (nSPS) is 12.0. The highest BCUT2D eigenvalue weighted by Crippen LogP contribution is 2.20. The standard InChI is InChI=1S/C28H32N2O2S/c1-4-23(3)30(27(31)16-15-24-11-7-5-8-12-24)21-28(32)29(19-25-13-9-6-10-14-25)20-26-22(2)17-18-33-26/h5-18,23H,4,19-21H2,1-3H3/b16-15+/t23-/m1/s1. The molecule has 5 heteroatoms. The molecule has 172 valence electrons. The molecule has 3 aromatic rings. The van der Waals surface area contributed by atoms with Crippen molar-refractivity contribution in [3.8, 4) is 0 Å². The van der Waals surface area contributed by atoms with Crippen LogP contribution in [0.4, 0.5) is 0 Å². The van der Waals surface area contributed by atoms with Crippen LogP contribution in [0, 0.1) is 6.92 Å². The summed E-state index contributed by atoms with van der Waals surface area (Å²) in [7, 11) is 0. The predicted molar refractivity (Wildman–Crippen MR) is 137 cm³/mol. The molecule has 0 bridgehead atoms. The van der Waals surface area contributed by atoms with E-state index in [1.807, 2.05) is 79.4 Å². The molecule has 1 aromatic heterocycles. The fraction of sp³-hybridized carbons (Fsp3) is 0.286. The summed E-state index contributed by atoms with van der Waals surface area (Å²) in [5.41, 5.74) is 3.22. The van der Waals surface area contributed by atoms with E-state index < -0.39 is 0 Å². The molecule has 0 unspecified atom stereocenters. The molecule has 0 fully saturated rings. The van der Waals surface area contributed by atoms with E-state index in [-0.39, 0.29) is 24.4 Å². The first-order chi connectivity index (χ1) is 16.0. The van der Waals surface area contributed by atoms with E-state index >= 15 is 0 Å². The largest absolute Gasteiger partial charge is 0.332 e. The number of nitrogens with zero attached hydrogens (tertiary/aromatic N) is 2. The Labute approximate surface area is 201 Å². The maximum absolute atomic E-state index is 13.5. The van der Waals surface area contributed by atoms with Gasteiger partial charge in [0.2, 0.25) is 11.8 Å². The number of hydrogen-bond acceptors (Lipinski definition) is 3. The van der Waals surface area contributed by atoms with Crippen molar-refractivity contribution >= 4 is 29.2 Å². The first-order valence-corrected chi connectivity index (χ1v) is 12.2. The van der Waals surface area contributed by atoms with Crippen LogP contribution in [-0.4, -0.2) is 34.2 Å². The second-order valence-electron chi connectivity index (χ2n) is 8.23. The van der Waals surface area contributed by atoms with Crippen LogP contribution in [-0.2, 0) is 22.7 Å². The van der Waals surface area contributed by atoms with Gasteiger partial charge in [-0.05, 0) is 54.5 Å². The Morgan fingerprint density at radius 2 is 1.64 bits per heavy atom. The summed E-state index contributed by atoms with van der Waals surface area (Å²) in [5, 5.41) is 2.05. The number of thiophene rings is 1. The van der Waals surface area contributed by atoms with Crippen molar-refractivity contribution in [1.82, 2.24) is 9.80 Å². The molecule has 0 aliphatic heterocycles. The van der Waals surface area contributed by atoms with Crippen LogP contribution in [0.5, 0.6) is 0 Å². The molecule has 33 heavy (non-hydrogen) atoms. The minimum atomic E-state index is -0.145. The van der Waals surface area contributed by atoms with E-state index in [0.717, 1.165) is 17.5 Å². The smallest absolute Gasteiger partial charge is 0.247 e. The summed E-state index contributed by atoms with van der Waals surface area (Å²) in [6.45, 7) is 7.21. The summed E-state index contributed by atoms with van der Waals surface area (Å²) in [6, 6.07) is 21.8. The van der Waals surface area contributed by atoms with Crippen molar-refractivity contribution in [1.29, 1.82) is 0 Å². The van der Waals surface area contributed by atoms with Crippen molar-refractivity contribution in [2.24, 2.45) is 0 Å². The van der Waals surface area contributed by atoms with Gasteiger partial charge >= 0.3 is 0 Å². The van der Waals surface area contributed by atoms with Crippen molar-refractivity contribution in [3.05, 3.63) is 99.8 Å². The highest BCUT2D eigenvalue weighted by Gasteiger charge is 2.24. The van der Waals surface area contributed by atoms with E-state index in [0.29, 0.717) is 13.1 Å². The predicted octanol–water partition coefficient (Wildman–Crippen LogP) is 5.93. The Bertz CT molecular complexity index is 1060. The third kappa shape index (κ3) is 7.16. The maximum Gasteiger partial charge on any atom is 0.247 e. The number of rotatable bonds is 10. The first kappa shape index (κ1) is 24.5. The van der Waals surface area contributed by atoms with Crippen molar-refractivity contribution in [3.63, 3.8) is 0 Å². The van der Waals surface area contributed by atoms with Crippen molar-refractivity contribution in [2.45, 2.75) is 46.3 Å². The van der Waals surface area contributed by atoms with Crippen LogP contribution in [0.1, 0.15) is 41.8 Å². The summed E-state index contributed by atoms with van der Waals surface area (Å²) in [5.74, 6) is -0.193. The molecule has 0 spiro atoms. The molecular formula is C28H32N2O2S. The lowest BCUT2D eigenvalue weighted by Crippen LogP contribution is -2.45. The van der Waals surface area contributed by atoms with E-state index in [9.17, 15) is 9.59 Å². The molecule has 2 aromatic carbocycles. The molecule has 0 aliphatic rings. The van der Waals surface area contributed by atoms with Gasteiger partial charge in [-0.15, -0.1) is 11.3 Å². The average Bonchev–Trinajstić information content (AvgIpc) is 3.25. The van der Waals surface area contributed by atoms with Gasteiger partial charge in [0.15, 0.2) is 0 Å². The summed E-state index contributed by atoms with van der Waals surface area (Å²) < 4.78 is 0. The Morgan fingerprint density at radius 1 is 0.970 bits per heavy atom. The molecule has 2 amide bonds. The Balaban J connectivity index is 1.78. The summed E-state index contributed by atoms with van der Waals surface area (Å²) in [4.78, 5) is 31.3. The molecule has 0 radical (unpaired) electrons. The monoisotopic (exact) mass is 460 g/mol. The Kier molecular flexibility index (Phi) is 9.02. The molecule has 3 rings (SSSR count). The van der Waals surface area contributed by atoms with Gasteiger partial charge in [-0.3, -0.25) is 9.59 Å². The molecular weight excluding hydrogens is 428 g/mol. The Hall–Kier alpha value is -3.18. The molecule has 0 N–H and O–H groups in total. The SMILES string of the molecule is CC[C@@H](C)N(CC(=O)N(Cc1ccccc1)Cc1sccc1C)C(=O)/C=C/c1ccccc1. The van der Waals surface area contributed by atoms with Crippen LogP contribution in [0.3, 0.4) is 0 Å². The van der Waals surface area contributed by atoms with Gasteiger partial charge in [0.25, 0.3) is 0 Å². The van der Waals surface area contributed by atoms with E-state index in [1.54, 1.807) is 28.4 Å². The first-order valence-electron chi connectivity index (χ1n) is 11.4. The quantitative estimate of drug-likeness (QED) is 0.352. The average molecular weight is 461 g/mol. The molecule has 4 nitrogen and oxygen atoms in total. The summed E-state index contributed by atoms with van der Waals surface area (Å²) >= 11 is 1.66. The van der Waals surface area contributed by atoms with Crippen LogP contribution in [0.2, 0.25) is 0 Å². The fourth-order valence-corrected chi connectivity index (χ4v) is 4.44. The van der Waals surface area contributed by atoms with Crippen LogP contribution < -0.4 is 0 Å². The number of carbonyl (C=O) groups is 2. The Morgan fingerprint density at radius 3 is 2.24 bits per heavy atom. The van der Waals surface area contributed by atoms with Gasteiger partial charge < -0.3 is 9.80 Å². The van der Waals surface area contributed by atoms with Crippen LogP contribution in [0.15, 0.2) is 78.2 Å². The highest BCUT2D eigenvalue weighted by molar-refractivity contribution is 7.10. The number of benzene rings is 2. The van der Waals surface area contributed by atoms with Gasteiger partial charge in [0.05, 0.1) is 6.54 Å². The van der Waals surface area contributed by atoms with Gasteiger partial charge in [0, 0.05) is 23.5 Å². The lowest BCUT2D eigenvalue weighted by Gasteiger charge is -2.30. The minimum Gasteiger partial charge on any atom is -0.332 e. The topological polar surface area (TPSA) is 40.6 Å². The van der Waals surface area contributed by atoms with Crippen LogP contribution in [0.25, 0.3) is 6.08 Å². The molecule has 0 saturated heterocycles. The third-order valence-electron chi connectivity index (χ3n) is 5.80. The second-order valence-corrected chi connectivity index (χ2v) is 9.23. The van der Waals surface area contributed by atoms with Gasteiger partial charge in [-0.2, -0.15) is 0 Å². The zero-order chi connectivity index (χ0) is 23.6. The molecule has 0 saturated carbocycles. The van der Waals surface area contributed by atoms with Gasteiger partial charge in [-0.1, -0.05) is 67.6 Å². The van der Waals surface area contributed by atoms with E-state index in [2.05, 4.69) is 18.4 Å². The number of amides is 2. The van der Waals surface area contributed by atoms with Crippen molar-refractivity contribution < 1.29 is 9.59 Å². The zero-order valence-corrected chi connectivity index (χ0v) is 20.4. The number of hydrogen-bond donors (Lipinski definition) is 0. The zero-order valence-electron chi connectivity index (χ0n) is 19.6. The van der Waals surface area contributed by atoms with Crippen molar-refractivity contribution in [2.75, 3.05) is 6.54 Å². The summed E-state index contributed by atoms with van der Waals surface area (Å²) in [6.07, 6.45) is 4.15. The molecule has 0 aliphatic carbocycles. The fourth-order valence-electron chi connectivity index (χ4n) is 3.52. The van der Waals surface area contributed by atoms with Crippen LogP contribution >= 0.6 is 11.3 Å². The van der Waals surface area contributed by atoms with E-state index in [1.165, 1.54) is 10.4 Å². The lowest BCUT2D eigenvalue weighted by atomic mass is 10.1. The molecule has 1 heterocycles. The molecule has 1 atom stereocenters. The number of carbonyl (C=O) groups excluding carboxylic acids is 2. The third-order valence-corrected chi connectivity index (χ3v) is 6.81. The second kappa shape index (κ2) is 12.2. The van der Waals surface area contributed by atoms with Gasteiger partial charge in [-0.25, -0.2) is 0 Å².